The molecule has 0 saturated heterocycles. The van der Waals surface area contributed by atoms with E-state index >= 15 is 0 Å². The fourth-order valence-electron chi connectivity index (χ4n) is 2.86. The normalized spacial score (nSPS) is 13.3. The number of carbonyl (C=O) groups excluding carboxylic acids is 1. The van der Waals surface area contributed by atoms with E-state index in [1.807, 2.05) is 25.1 Å². The molecule has 0 fully saturated rings. The van der Waals surface area contributed by atoms with Crippen LogP contribution in [0.3, 0.4) is 0 Å². The van der Waals surface area contributed by atoms with Crippen molar-refractivity contribution in [3.8, 4) is 0 Å². The average molecular weight is 433 g/mol. The number of amides is 1. The topological polar surface area (TPSA) is 80.4 Å². The van der Waals surface area contributed by atoms with E-state index < -0.39 is 5.92 Å². The Morgan fingerprint density at radius 1 is 1.41 bits per heavy atom. The highest BCUT2D eigenvalue weighted by Gasteiger charge is 2.23. The summed E-state index contributed by atoms with van der Waals surface area (Å²) in [6, 6.07) is 5.62. The quantitative estimate of drug-likeness (QED) is 0.510. The maximum absolute atomic E-state index is 13.0. The molecule has 0 aliphatic carbocycles. The van der Waals surface area contributed by atoms with Gasteiger partial charge in [0.05, 0.1) is 16.6 Å². The smallest absolute Gasteiger partial charge is 0.238 e. The minimum Gasteiger partial charge on any atom is -0.441 e. The van der Waals surface area contributed by atoms with Crippen molar-refractivity contribution in [2.45, 2.75) is 47.0 Å². The summed E-state index contributed by atoms with van der Waals surface area (Å²) in [6.45, 7) is 10.7. The molecule has 2 aromatic heterocycles. The number of halogens is 1. The number of fused-ring (bicyclic) bond motifs is 1. The number of nitrogens with zero attached hydrogens (tertiary/aromatic N) is 3. The fraction of sp³-hybridized carbons (Fsp3) is 0.429. The van der Waals surface area contributed by atoms with Crippen LogP contribution in [0.25, 0.3) is 11.1 Å². The number of hydrogen-bond donors (Lipinski definition) is 1. The molecule has 2 heterocycles. The summed E-state index contributed by atoms with van der Waals surface area (Å²) < 4.78 is 10.0. The van der Waals surface area contributed by atoms with Crippen molar-refractivity contribution in [2.75, 3.05) is 11.9 Å². The second-order valence-corrected chi connectivity index (χ2v) is 9.25. The number of aliphatic imine (C=N–C) groups is 1. The zero-order chi connectivity index (χ0) is 21.2. The minimum atomic E-state index is -0.569. The molecule has 1 N–H and O–H groups in total. The van der Waals surface area contributed by atoms with Crippen molar-refractivity contribution in [1.29, 1.82) is 0 Å². The maximum atomic E-state index is 13.0. The molecule has 1 amide bonds. The molecule has 3 rings (SSSR count). The molecule has 3 aromatic rings. The summed E-state index contributed by atoms with van der Waals surface area (Å²) in [7, 11) is 0. The Morgan fingerprint density at radius 2 is 2.17 bits per heavy atom. The third-order valence-corrected chi connectivity index (χ3v) is 5.67. The Bertz CT molecular complexity index is 1050. The first kappa shape index (κ1) is 21.5. The molecule has 0 saturated carbocycles. The lowest BCUT2D eigenvalue weighted by Gasteiger charge is -2.14. The molecule has 154 valence electrons. The number of rotatable bonds is 6. The van der Waals surface area contributed by atoms with E-state index in [4.69, 9.17) is 16.0 Å². The molecule has 0 radical (unpaired) electrons. The van der Waals surface area contributed by atoms with Crippen LogP contribution in [0.2, 0.25) is 5.02 Å². The summed E-state index contributed by atoms with van der Waals surface area (Å²) in [6.07, 6.45) is 2.40. The van der Waals surface area contributed by atoms with E-state index in [0.29, 0.717) is 33.7 Å². The van der Waals surface area contributed by atoms with Crippen LogP contribution in [0, 0.1) is 12.3 Å². The molecule has 0 spiro atoms. The van der Waals surface area contributed by atoms with E-state index in [9.17, 15) is 4.79 Å². The van der Waals surface area contributed by atoms with Crippen LogP contribution in [0.1, 0.15) is 50.8 Å². The zero-order valence-electron chi connectivity index (χ0n) is 17.2. The van der Waals surface area contributed by atoms with Gasteiger partial charge in [-0.25, -0.2) is 4.98 Å². The first-order valence-electron chi connectivity index (χ1n) is 9.50. The number of carbonyl (C=O) groups is 1. The standard InChI is InChI=1S/C21H25ClN4O2S/c1-6-23-11-14(19(27)25-20-18(22)12(2)26-29-20)13-7-8-16-15(9-13)24-17(28-16)10-21(3,4)5/h7-9,11,14H,6,10H2,1-5H3,(H,25,27). The summed E-state index contributed by atoms with van der Waals surface area (Å²) in [5.41, 5.74) is 3.00. The van der Waals surface area contributed by atoms with Crippen molar-refractivity contribution < 1.29 is 9.21 Å². The van der Waals surface area contributed by atoms with Crippen LogP contribution < -0.4 is 5.32 Å². The van der Waals surface area contributed by atoms with Gasteiger partial charge in [0.25, 0.3) is 0 Å². The molecule has 1 unspecified atom stereocenters. The molecule has 6 nitrogen and oxygen atoms in total. The monoisotopic (exact) mass is 432 g/mol. The van der Waals surface area contributed by atoms with Crippen molar-refractivity contribution in [3.05, 3.63) is 40.4 Å². The van der Waals surface area contributed by atoms with Crippen LogP contribution in [0.5, 0.6) is 0 Å². The highest BCUT2D eigenvalue weighted by Crippen LogP contribution is 2.31. The summed E-state index contributed by atoms with van der Waals surface area (Å²) in [5, 5.41) is 3.88. The number of oxazole rings is 1. The number of benzene rings is 1. The highest BCUT2D eigenvalue weighted by molar-refractivity contribution is 7.11. The number of aromatic nitrogens is 2. The Hall–Kier alpha value is -2.25. The third kappa shape index (κ3) is 5.22. The lowest BCUT2D eigenvalue weighted by molar-refractivity contribution is -0.116. The first-order chi connectivity index (χ1) is 13.7. The van der Waals surface area contributed by atoms with E-state index in [1.165, 1.54) is 11.5 Å². The molecule has 8 heteroatoms. The minimum absolute atomic E-state index is 0.0754. The van der Waals surface area contributed by atoms with Gasteiger partial charge in [-0.1, -0.05) is 38.4 Å². The lowest BCUT2D eigenvalue weighted by Crippen LogP contribution is -2.22. The molecule has 1 aromatic carbocycles. The van der Waals surface area contributed by atoms with Crippen LogP contribution >= 0.6 is 23.1 Å². The molecule has 0 bridgehead atoms. The maximum Gasteiger partial charge on any atom is 0.238 e. The van der Waals surface area contributed by atoms with Crippen LogP contribution in [-0.2, 0) is 11.2 Å². The molecule has 0 aliphatic heterocycles. The average Bonchev–Trinajstić information content (AvgIpc) is 3.17. The van der Waals surface area contributed by atoms with Crippen molar-refractivity contribution >= 4 is 51.4 Å². The van der Waals surface area contributed by atoms with Crippen LogP contribution in [0.4, 0.5) is 5.00 Å². The fourth-order valence-corrected chi connectivity index (χ4v) is 3.79. The SMILES string of the molecule is CCN=CC(C(=O)Nc1snc(C)c1Cl)c1ccc2oc(CC(C)(C)C)nc2c1. The Balaban J connectivity index is 1.91. The van der Waals surface area contributed by atoms with Crippen molar-refractivity contribution in [2.24, 2.45) is 10.4 Å². The molecule has 1 atom stereocenters. The van der Waals surface area contributed by atoms with Gasteiger partial charge in [-0.2, -0.15) is 4.37 Å². The largest absolute Gasteiger partial charge is 0.441 e. The first-order valence-corrected chi connectivity index (χ1v) is 10.6. The van der Waals surface area contributed by atoms with Gasteiger partial charge in [-0.05, 0) is 48.5 Å². The van der Waals surface area contributed by atoms with E-state index in [2.05, 4.69) is 40.4 Å². The molecular formula is C21H25ClN4O2S. The second-order valence-electron chi connectivity index (χ2n) is 8.10. The predicted molar refractivity (Wildman–Crippen MR) is 119 cm³/mol. The van der Waals surface area contributed by atoms with E-state index in [-0.39, 0.29) is 11.3 Å². The number of anilines is 1. The number of nitrogens with one attached hydrogen (secondary N) is 1. The number of aryl methyl sites for hydroxylation is 1. The predicted octanol–water partition coefficient (Wildman–Crippen LogP) is 5.65. The second kappa shape index (κ2) is 8.63. The number of hydrogen-bond acceptors (Lipinski definition) is 6. The van der Waals surface area contributed by atoms with Gasteiger partial charge in [0.15, 0.2) is 11.5 Å². The Labute approximate surface area is 179 Å². The summed E-state index contributed by atoms with van der Waals surface area (Å²) >= 11 is 7.38. The highest BCUT2D eigenvalue weighted by atomic mass is 35.5. The van der Waals surface area contributed by atoms with Gasteiger partial charge in [-0.3, -0.25) is 9.79 Å². The molecule has 29 heavy (non-hydrogen) atoms. The zero-order valence-corrected chi connectivity index (χ0v) is 18.8. The van der Waals surface area contributed by atoms with Crippen LogP contribution in [0.15, 0.2) is 27.6 Å². The van der Waals surface area contributed by atoms with Crippen LogP contribution in [-0.4, -0.2) is 28.0 Å². The van der Waals surface area contributed by atoms with Gasteiger partial charge in [-0.15, -0.1) is 0 Å². The van der Waals surface area contributed by atoms with Gasteiger partial charge in [0, 0.05) is 19.2 Å². The van der Waals surface area contributed by atoms with Gasteiger partial charge < -0.3 is 9.73 Å². The molecular weight excluding hydrogens is 408 g/mol. The summed E-state index contributed by atoms with van der Waals surface area (Å²) in [4.78, 5) is 21.9. The Kier molecular flexibility index (Phi) is 6.39. The third-order valence-electron chi connectivity index (χ3n) is 4.24. The van der Waals surface area contributed by atoms with Gasteiger partial charge in [0.1, 0.15) is 10.5 Å². The van der Waals surface area contributed by atoms with E-state index in [0.717, 1.165) is 17.5 Å². The van der Waals surface area contributed by atoms with Gasteiger partial charge >= 0.3 is 0 Å². The lowest BCUT2D eigenvalue weighted by atomic mass is 9.92. The Morgan fingerprint density at radius 3 is 2.79 bits per heavy atom. The summed E-state index contributed by atoms with van der Waals surface area (Å²) in [5.74, 6) is -0.0918. The van der Waals surface area contributed by atoms with Crippen molar-refractivity contribution in [1.82, 2.24) is 9.36 Å². The molecule has 0 aliphatic rings. The van der Waals surface area contributed by atoms with E-state index in [1.54, 1.807) is 13.1 Å². The van der Waals surface area contributed by atoms with Crippen molar-refractivity contribution in [3.63, 3.8) is 0 Å². The van der Waals surface area contributed by atoms with Gasteiger partial charge in [0.2, 0.25) is 5.91 Å².